The second-order valence-corrected chi connectivity index (χ2v) is 8.73. The first-order chi connectivity index (χ1) is 12.2. The summed E-state index contributed by atoms with van der Waals surface area (Å²) in [5.74, 6) is -0.978. The fourth-order valence-electron chi connectivity index (χ4n) is 2.55. The van der Waals surface area contributed by atoms with Crippen molar-refractivity contribution in [3.8, 4) is 5.75 Å². The number of benzene rings is 1. The number of sulfone groups is 1. The summed E-state index contributed by atoms with van der Waals surface area (Å²) >= 11 is 0. The third-order valence-corrected chi connectivity index (χ3v) is 5.38. The number of rotatable bonds is 10. The topological polar surface area (TPSA) is 101 Å². The molecule has 8 heteroatoms. The average Bonchev–Trinajstić information content (AvgIpc) is 3.40. The lowest BCUT2D eigenvalue weighted by Crippen LogP contribution is -2.38. The normalized spacial score (nSPS) is 15.3. The molecule has 1 aromatic rings. The summed E-state index contributed by atoms with van der Waals surface area (Å²) in [5, 5.41) is 9.03. The van der Waals surface area contributed by atoms with Gasteiger partial charge in [0.2, 0.25) is 5.91 Å². The molecule has 0 saturated heterocycles. The third kappa shape index (κ3) is 6.01. The van der Waals surface area contributed by atoms with Crippen LogP contribution in [0.2, 0.25) is 0 Å². The molecule has 1 saturated carbocycles. The number of carboxylic acids is 1. The highest BCUT2D eigenvalue weighted by Gasteiger charge is 2.34. The smallest absolute Gasteiger partial charge is 0.308 e. The van der Waals surface area contributed by atoms with Crippen LogP contribution in [0, 0.1) is 5.92 Å². The zero-order valence-electron chi connectivity index (χ0n) is 15.1. The number of ether oxygens (including phenoxy) is 1. The van der Waals surface area contributed by atoms with E-state index in [1.54, 1.807) is 24.0 Å². The number of hydrogen-bond acceptors (Lipinski definition) is 5. The first-order valence-electron chi connectivity index (χ1n) is 8.63. The molecule has 1 unspecified atom stereocenters. The van der Waals surface area contributed by atoms with Gasteiger partial charge in [-0.25, -0.2) is 8.42 Å². The summed E-state index contributed by atoms with van der Waals surface area (Å²) in [7, 11) is -3.23. The standard InChI is InChI=1S/C18H25NO6S/c1-13(18(21)22)12-19(14-5-6-14)17(20)4-3-11-25-15-7-9-16(10-8-15)26(2,23)24/h7-10,13-14H,3-6,11-12H2,1-2H3,(H,21,22). The highest BCUT2D eigenvalue weighted by atomic mass is 32.2. The third-order valence-electron chi connectivity index (χ3n) is 4.26. The summed E-state index contributed by atoms with van der Waals surface area (Å²) < 4.78 is 28.3. The number of hydrogen-bond donors (Lipinski definition) is 1. The molecular formula is C18H25NO6S. The highest BCUT2D eigenvalue weighted by molar-refractivity contribution is 7.90. The van der Waals surface area contributed by atoms with Gasteiger partial charge in [0.05, 0.1) is 17.4 Å². The number of carbonyl (C=O) groups excluding carboxylic acids is 1. The lowest BCUT2D eigenvalue weighted by Gasteiger charge is -2.24. The number of amides is 1. The van der Waals surface area contributed by atoms with Crippen LogP contribution in [0.5, 0.6) is 5.75 Å². The lowest BCUT2D eigenvalue weighted by atomic mass is 10.1. The van der Waals surface area contributed by atoms with Gasteiger partial charge in [0.15, 0.2) is 9.84 Å². The van der Waals surface area contributed by atoms with E-state index >= 15 is 0 Å². The molecule has 26 heavy (non-hydrogen) atoms. The summed E-state index contributed by atoms with van der Waals surface area (Å²) in [6, 6.07) is 6.32. The van der Waals surface area contributed by atoms with Gasteiger partial charge in [-0.05, 0) is 43.5 Å². The SMILES string of the molecule is CC(CN(C(=O)CCCOc1ccc(S(C)(=O)=O)cc1)C1CC1)C(=O)O. The van der Waals surface area contributed by atoms with Gasteiger partial charge in [0.25, 0.3) is 0 Å². The fourth-order valence-corrected chi connectivity index (χ4v) is 3.18. The summed E-state index contributed by atoms with van der Waals surface area (Å²) in [4.78, 5) is 25.3. The molecule has 2 rings (SSSR count). The van der Waals surface area contributed by atoms with Crippen molar-refractivity contribution in [2.45, 2.75) is 43.5 Å². The molecule has 144 valence electrons. The van der Waals surface area contributed by atoms with Gasteiger partial charge in [0, 0.05) is 25.3 Å². The average molecular weight is 383 g/mol. The molecule has 1 amide bonds. The first-order valence-corrected chi connectivity index (χ1v) is 10.5. The maximum atomic E-state index is 12.4. The van der Waals surface area contributed by atoms with Gasteiger partial charge in [-0.2, -0.15) is 0 Å². The first kappa shape index (κ1) is 20.2. The molecule has 1 fully saturated rings. The van der Waals surface area contributed by atoms with Crippen molar-refractivity contribution in [3.63, 3.8) is 0 Å². The van der Waals surface area contributed by atoms with Crippen LogP contribution in [-0.4, -0.2) is 55.7 Å². The van der Waals surface area contributed by atoms with Crippen LogP contribution in [0.4, 0.5) is 0 Å². The minimum absolute atomic E-state index is 0.0448. The predicted octanol–water partition coefficient (Wildman–Crippen LogP) is 1.96. The molecule has 1 aliphatic rings. The molecule has 1 aliphatic carbocycles. The zero-order chi connectivity index (χ0) is 19.3. The van der Waals surface area contributed by atoms with Crippen LogP contribution in [0.3, 0.4) is 0 Å². The quantitative estimate of drug-likeness (QED) is 0.620. The Bertz CT molecular complexity index is 739. The van der Waals surface area contributed by atoms with E-state index in [1.807, 2.05) is 0 Å². The van der Waals surface area contributed by atoms with Crippen molar-refractivity contribution in [1.29, 1.82) is 0 Å². The van der Waals surface area contributed by atoms with Crippen molar-refractivity contribution >= 4 is 21.7 Å². The van der Waals surface area contributed by atoms with Crippen molar-refractivity contribution in [3.05, 3.63) is 24.3 Å². The van der Waals surface area contributed by atoms with E-state index in [-0.39, 0.29) is 23.4 Å². The summed E-state index contributed by atoms with van der Waals surface area (Å²) in [6.07, 6.45) is 3.81. The Morgan fingerprint density at radius 1 is 1.27 bits per heavy atom. The maximum absolute atomic E-state index is 12.4. The van der Waals surface area contributed by atoms with Gasteiger partial charge in [-0.3, -0.25) is 9.59 Å². The number of aliphatic carboxylic acids is 1. The molecule has 1 aromatic carbocycles. The summed E-state index contributed by atoms with van der Waals surface area (Å²) in [6.45, 7) is 2.18. The lowest BCUT2D eigenvalue weighted by molar-refractivity contribution is -0.143. The molecule has 7 nitrogen and oxygen atoms in total. The molecule has 0 heterocycles. The van der Waals surface area contributed by atoms with E-state index in [0.717, 1.165) is 19.1 Å². The van der Waals surface area contributed by atoms with Gasteiger partial charge in [-0.15, -0.1) is 0 Å². The van der Waals surface area contributed by atoms with E-state index in [9.17, 15) is 18.0 Å². The zero-order valence-corrected chi connectivity index (χ0v) is 15.9. The Kier molecular flexibility index (Phi) is 6.63. The number of carbonyl (C=O) groups is 2. The predicted molar refractivity (Wildman–Crippen MR) is 95.8 cm³/mol. The van der Waals surface area contributed by atoms with Gasteiger partial charge in [-0.1, -0.05) is 6.92 Å². The van der Waals surface area contributed by atoms with Crippen LogP contribution in [0.25, 0.3) is 0 Å². The minimum Gasteiger partial charge on any atom is -0.494 e. The largest absolute Gasteiger partial charge is 0.494 e. The van der Waals surface area contributed by atoms with Crippen molar-refractivity contribution in [2.24, 2.45) is 5.92 Å². The van der Waals surface area contributed by atoms with Gasteiger partial charge in [0.1, 0.15) is 5.75 Å². The van der Waals surface area contributed by atoms with E-state index in [4.69, 9.17) is 9.84 Å². The Morgan fingerprint density at radius 2 is 1.88 bits per heavy atom. The molecule has 0 spiro atoms. The van der Waals surface area contributed by atoms with Crippen LogP contribution < -0.4 is 4.74 Å². The molecule has 0 aliphatic heterocycles. The molecule has 1 atom stereocenters. The molecule has 0 radical (unpaired) electrons. The second kappa shape index (κ2) is 8.53. The maximum Gasteiger partial charge on any atom is 0.308 e. The molecule has 0 aromatic heterocycles. The molecular weight excluding hydrogens is 358 g/mol. The Morgan fingerprint density at radius 3 is 2.38 bits per heavy atom. The Labute approximate surface area is 153 Å². The second-order valence-electron chi connectivity index (χ2n) is 6.71. The van der Waals surface area contributed by atoms with Crippen LogP contribution in [0.1, 0.15) is 32.6 Å². The monoisotopic (exact) mass is 383 g/mol. The van der Waals surface area contributed by atoms with Gasteiger partial charge < -0.3 is 14.7 Å². The number of nitrogens with zero attached hydrogens (tertiary/aromatic N) is 1. The molecule has 1 N–H and O–H groups in total. The Balaban J connectivity index is 1.77. The van der Waals surface area contributed by atoms with Crippen molar-refractivity contribution in [1.82, 2.24) is 4.90 Å². The van der Waals surface area contributed by atoms with Crippen LogP contribution in [0.15, 0.2) is 29.2 Å². The van der Waals surface area contributed by atoms with Crippen LogP contribution in [-0.2, 0) is 19.4 Å². The molecule has 0 bridgehead atoms. The highest BCUT2D eigenvalue weighted by Crippen LogP contribution is 2.28. The summed E-state index contributed by atoms with van der Waals surface area (Å²) in [5.41, 5.74) is 0. The van der Waals surface area contributed by atoms with E-state index in [0.29, 0.717) is 25.2 Å². The minimum atomic E-state index is -3.23. The number of carboxylic acid groups (broad SMARTS) is 1. The van der Waals surface area contributed by atoms with Crippen molar-refractivity contribution < 1.29 is 27.9 Å². The van der Waals surface area contributed by atoms with Crippen molar-refractivity contribution in [2.75, 3.05) is 19.4 Å². The Hall–Kier alpha value is -2.09. The van der Waals surface area contributed by atoms with E-state index in [2.05, 4.69) is 0 Å². The fraction of sp³-hybridized carbons (Fsp3) is 0.556. The van der Waals surface area contributed by atoms with Crippen LogP contribution >= 0.6 is 0 Å². The van der Waals surface area contributed by atoms with Gasteiger partial charge >= 0.3 is 5.97 Å². The van der Waals surface area contributed by atoms with E-state index < -0.39 is 21.7 Å². The van der Waals surface area contributed by atoms with E-state index in [1.165, 1.54) is 12.1 Å².